The summed E-state index contributed by atoms with van der Waals surface area (Å²) in [7, 11) is 0. The number of benzene rings is 1. The first-order chi connectivity index (χ1) is 9.43. The molecule has 20 heavy (non-hydrogen) atoms. The Labute approximate surface area is 132 Å². The van der Waals surface area contributed by atoms with Gasteiger partial charge in [0.25, 0.3) is 11.1 Å². The lowest BCUT2D eigenvalue weighted by atomic mass is 10.2. The minimum Gasteiger partial charge on any atom is -0.506 e. The van der Waals surface area contributed by atoms with Crippen LogP contribution in [0.1, 0.15) is 5.56 Å². The normalized spacial score (nSPS) is 16.9. The molecule has 102 valence electrons. The molecule has 7 heteroatoms. The van der Waals surface area contributed by atoms with Crippen molar-refractivity contribution in [1.29, 1.82) is 0 Å². The van der Waals surface area contributed by atoms with Gasteiger partial charge >= 0.3 is 0 Å². The highest BCUT2D eigenvalue weighted by atomic mass is 79.9. The molecule has 1 aromatic carbocycles. The third-order valence-electron chi connectivity index (χ3n) is 2.47. The predicted molar refractivity (Wildman–Crippen MR) is 82.3 cm³/mol. The third-order valence-corrected chi connectivity index (χ3v) is 4.20. The maximum absolute atomic E-state index is 12.0. The molecule has 1 heterocycles. The molecule has 1 aromatic rings. The van der Waals surface area contributed by atoms with Crippen LogP contribution in [-0.2, 0) is 4.79 Å². The number of hydrogen-bond acceptors (Lipinski definition) is 4. The summed E-state index contributed by atoms with van der Waals surface area (Å²) in [5, 5.41) is 9.86. The SMILES string of the molecule is C#CCN1C(=O)SC(=Cc2cc(Cl)cc(Br)c2O)C1=O. The topological polar surface area (TPSA) is 57.6 Å². The number of terminal acetylenes is 1. The molecule has 0 spiro atoms. The lowest BCUT2D eigenvalue weighted by Crippen LogP contribution is -2.28. The van der Waals surface area contributed by atoms with Crippen molar-refractivity contribution in [3.63, 3.8) is 0 Å². The van der Waals surface area contributed by atoms with E-state index in [9.17, 15) is 14.7 Å². The molecule has 0 bridgehead atoms. The highest BCUT2D eigenvalue weighted by Gasteiger charge is 2.34. The Balaban J connectivity index is 2.41. The van der Waals surface area contributed by atoms with E-state index in [1.165, 1.54) is 18.2 Å². The number of amides is 2. The molecule has 2 rings (SSSR count). The van der Waals surface area contributed by atoms with Crippen molar-refractivity contribution in [1.82, 2.24) is 4.90 Å². The number of imide groups is 1. The van der Waals surface area contributed by atoms with Gasteiger partial charge in [0.15, 0.2) is 0 Å². The first kappa shape index (κ1) is 15.0. The van der Waals surface area contributed by atoms with Crippen LogP contribution in [0, 0.1) is 12.3 Å². The summed E-state index contributed by atoms with van der Waals surface area (Å²) in [5.41, 5.74) is 0.343. The van der Waals surface area contributed by atoms with E-state index in [4.69, 9.17) is 18.0 Å². The van der Waals surface area contributed by atoms with E-state index in [-0.39, 0.29) is 17.2 Å². The quantitative estimate of drug-likeness (QED) is 0.638. The van der Waals surface area contributed by atoms with Gasteiger partial charge in [-0.15, -0.1) is 6.42 Å². The molecule has 0 unspecified atom stereocenters. The van der Waals surface area contributed by atoms with Crippen molar-refractivity contribution in [2.24, 2.45) is 0 Å². The minimum atomic E-state index is -0.478. The number of halogens is 2. The van der Waals surface area contributed by atoms with Crippen molar-refractivity contribution in [2.45, 2.75) is 0 Å². The van der Waals surface area contributed by atoms with Gasteiger partial charge in [0.05, 0.1) is 15.9 Å². The Hall–Kier alpha value is -1.42. The van der Waals surface area contributed by atoms with Gasteiger partial charge in [-0.25, -0.2) is 0 Å². The zero-order valence-electron chi connectivity index (χ0n) is 9.89. The van der Waals surface area contributed by atoms with E-state index in [2.05, 4.69) is 21.9 Å². The molecular formula is C13H7BrClNO3S. The number of nitrogens with zero attached hydrogens (tertiary/aromatic N) is 1. The number of hydrogen-bond donors (Lipinski definition) is 1. The number of carbonyl (C=O) groups excluding carboxylic acids is 2. The van der Waals surface area contributed by atoms with Crippen LogP contribution in [-0.4, -0.2) is 27.7 Å². The van der Waals surface area contributed by atoms with Crippen molar-refractivity contribution >= 4 is 56.5 Å². The van der Waals surface area contributed by atoms with Gasteiger partial charge in [0, 0.05) is 10.6 Å². The van der Waals surface area contributed by atoms with Crippen molar-refractivity contribution in [3.05, 3.63) is 32.1 Å². The second-order valence-corrected chi connectivity index (χ2v) is 6.08. The van der Waals surface area contributed by atoms with Gasteiger partial charge in [0.2, 0.25) is 0 Å². The summed E-state index contributed by atoms with van der Waals surface area (Å²) in [6, 6.07) is 3.02. The maximum Gasteiger partial charge on any atom is 0.294 e. The van der Waals surface area contributed by atoms with Gasteiger partial charge < -0.3 is 5.11 Å². The van der Waals surface area contributed by atoms with Crippen molar-refractivity contribution in [2.75, 3.05) is 6.54 Å². The maximum atomic E-state index is 12.0. The Morgan fingerprint density at radius 3 is 2.85 bits per heavy atom. The van der Waals surface area contributed by atoms with Crippen LogP contribution in [0.4, 0.5) is 4.79 Å². The highest BCUT2D eigenvalue weighted by Crippen LogP contribution is 2.37. The van der Waals surface area contributed by atoms with Crippen molar-refractivity contribution in [3.8, 4) is 18.1 Å². The fourth-order valence-corrected chi connectivity index (χ4v) is 3.23. The summed E-state index contributed by atoms with van der Waals surface area (Å²) < 4.78 is 0.402. The molecule has 1 aliphatic heterocycles. The summed E-state index contributed by atoms with van der Waals surface area (Å²) in [4.78, 5) is 24.8. The molecule has 1 saturated heterocycles. The summed E-state index contributed by atoms with van der Waals surface area (Å²) in [6.07, 6.45) is 6.52. The number of thioether (sulfide) groups is 1. The molecule has 1 fully saturated rings. The monoisotopic (exact) mass is 371 g/mol. The van der Waals surface area contributed by atoms with Gasteiger partial charge in [-0.1, -0.05) is 17.5 Å². The predicted octanol–water partition coefficient (Wildman–Crippen LogP) is 3.48. The zero-order valence-corrected chi connectivity index (χ0v) is 13.1. The van der Waals surface area contributed by atoms with Crippen LogP contribution in [0.25, 0.3) is 6.08 Å². The number of rotatable bonds is 2. The van der Waals surface area contributed by atoms with Crippen molar-refractivity contribution < 1.29 is 14.7 Å². The van der Waals surface area contributed by atoms with Crippen LogP contribution in [0.15, 0.2) is 21.5 Å². The van der Waals surface area contributed by atoms with E-state index >= 15 is 0 Å². The molecular weight excluding hydrogens is 366 g/mol. The van der Waals surface area contributed by atoms with Crippen LogP contribution in [0.3, 0.4) is 0 Å². The molecule has 2 amide bonds. The fourth-order valence-electron chi connectivity index (χ4n) is 1.56. The third kappa shape index (κ3) is 2.85. The number of phenolic OH excluding ortho intramolecular Hbond substituents is 1. The Bertz CT molecular complexity index is 681. The molecule has 0 atom stereocenters. The average Bonchev–Trinajstić information content (AvgIpc) is 2.63. The van der Waals surface area contributed by atoms with E-state index in [0.29, 0.717) is 15.1 Å². The van der Waals surface area contributed by atoms with Gasteiger partial charge in [-0.05, 0) is 45.9 Å². The van der Waals surface area contributed by atoms with E-state index in [1.807, 2.05) is 0 Å². The van der Waals surface area contributed by atoms with Gasteiger partial charge in [-0.3, -0.25) is 14.5 Å². The van der Waals surface area contributed by atoms with Crippen LogP contribution >= 0.6 is 39.3 Å². The average molecular weight is 373 g/mol. The lowest BCUT2D eigenvalue weighted by molar-refractivity contribution is -0.122. The number of aromatic hydroxyl groups is 1. The molecule has 0 aromatic heterocycles. The first-order valence-corrected chi connectivity index (χ1v) is 7.29. The smallest absolute Gasteiger partial charge is 0.294 e. The second kappa shape index (κ2) is 5.92. The fraction of sp³-hybridized carbons (Fsp3) is 0.0769. The zero-order chi connectivity index (χ0) is 14.9. The summed E-state index contributed by atoms with van der Waals surface area (Å²) in [6.45, 7) is -0.0762. The summed E-state index contributed by atoms with van der Waals surface area (Å²) in [5.74, 6) is 1.71. The Morgan fingerprint density at radius 2 is 2.20 bits per heavy atom. The molecule has 0 saturated carbocycles. The highest BCUT2D eigenvalue weighted by molar-refractivity contribution is 9.10. The lowest BCUT2D eigenvalue weighted by Gasteiger charge is -2.07. The van der Waals surface area contributed by atoms with Crippen LogP contribution < -0.4 is 0 Å². The molecule has 4 nitrogen and oxygen atoms in total. The van der Waals surface area contributed by atoms with Gasteiger partial charge in [-0.2, -0.15) is 0 Å². The largest absolute Gasteiger partial charge is 0.506 e. The Morgan fingerprint density at radius 1 is 1.50 bits per heavy atom. The molecule has 1 N–H and O–H groups in total. The number of phenols is 1. The van der Waals surface area contributed by atoms with Crippen LogP contribution in [0.2, 0.25) is 5.02 Å². The van der Waals surface area contributed by atoms with Gasteiger partial charge in [0.1, 0.15) is 5.75 Å². The standard InChI is InChI=1S/C13H7BrClNO3S/c1-2-3-16-12(18)10(20-13(16)19)5-7-4-8(15)6-9(14)11(7)17/h1,4-6,17H,3H2. The van der Waals surface area contributed by atoms with E-state index in [1.54, 1.807) is 0 Å². The first-order valence-electron chi connectivity index (χ1n) is 5.31. The molecule has 0 aliphatic carbocycles. The van der Waals surface area contributed by atoms with Crippen LogP contribution in [0.5, 0.6) is 5.75 Å². The van der Waals surface area contributed by atoms with E-state index in [0.717, 1.165) is 16.7 Å². The Kier molecular flexibility index (Phi) is 4.43. The second-order valence-electron chi connectivity index (χ2n) is 3.80. The molecule has 0 radical (unpaired) electrons. The summed E-state index contributed by atoms with van der Waals surface area (Å²) >= 11 is 9.81. The van der Waals surface area contributed by atoms with E-state index < -0.39 is 11.1 Å². The molecule has 1 aliphatic rings. The minimum absolute atomic E-state index is 0.0573. The number of carbonyl (C=O) groups is 2.